The molecule has 0 bridgehead atoms. The molecule has 1 saturated heterocycles. The number of nitrogens with one attached hydrogen (secondary N) is 1. The molecular formula is C32H31N3O6S. The van der Waals surface area contributed by atoms with E-state index in [0.29, 0.717) is 43.5 Å². The summed E-state index contributed by atoms with van der Waals surface area (Å²) >= 11 is 0. The van der Waals surface area contributed by atoms with Crippen LogP contribution in [0, 0.1) is 0 Å². The quantitative estimate of drug-likeness (QED) is 0.203. The van der Waals surface area contributed by atoms with Crippen molar-refractivity contribution in [1.29, 1.82) is 0 Å². The van der Waals surface area contributed by atoms with Crippen LogP contribution in [0.5, 0.6) is 11.5 Å². The zero-order chi connectivity index (χ0) is 29.2. The molecule has 0 unspecified atom stereocenters. The molecule has 0 spiro atoms. The fraction of sp³-hybridized carbons (Fsp3) is 0.188. The number of hydrazone groups is 1. The van der Waals surface area contributed by atoms with E-state index in [2.05, 4.69) is 10.5 Å². The van der Waals surface area contributed by atoms with Crippen LogP contribution < -0.4 is 14.9 Å². The van der Waals surface area contributed by atoms with Crippen molar-refractivity contribution in [2.45, 2.75) is 18.1 Å². The zero-order valence-electron chi connectivity index (χ0n) is 22.9. The summed E-state index contributed by atoms with van der Waals surface area (Å²) in [5, 5.41) is 4.08. The highest BCUT2D eigenvalue weighted by Gasteiger charge is 2.26. The standard InChI is InChI=1S/C32H31N3O6S/c36-32(28-12-7-13-29(21-28)42(37,38)35-16-18-39-19-17-35)34-33-22-27-14-15-30(40-23-25-8-3-1-4-9-25)31(20-27)41-24-26-10-5-2-6-11-26/h1-15,20-22H,16-19,23-24H2,(H,34,36)/b33-22+. The van der Waals surface area contributed by atoms with E-state index in [9.17, 15) is 13.2 Å². The monoisotopic (exact) mass is 585 g/mol. The number of morpholine rings is 1. The van der Waals surface area contributed by atoms with Gasteiger partial charge in [0.05, 0.1) is 24.3 Å². The maximum atomic E-state index is 13.0. The predicted octanol–water partition coefficient (Wildman–Crippen LogP) is 4.63. The van der Waals surface area contributed by atoms with Crippen LogP contribution in [-0.2, 0) is 28.0 Å². The van der Waals surface area contributed by atoms with Gasteiger partial charge in [0.25, 0.3) is 5.91 Å². The van der Waals surface area contributed by atoms with Gasteiger partial charge in [-0.05, 0) is 53.1 Å². The van der Waals surface area contributed by atoms with E-state index in [-0.39, 0.29) is 23.5 Å². The number of amides is 1. The normalized spacial score (nSPS) is 14.0. The summed E-state index contributed by atoms with van der Waals surface area (Å²) in [6, 6.07) is 30.9. The first-order valence-electron chi connectivity index (χ1n) is 13.5. The Hall–Kier alpha value is -4.51. The van der Waals surface area contributed by atoms with Gasteiger partial charge in [0.15, 0.2) is 11.5 Å². The molecule has 5 rings (SSSR count). The third kappa shape index (κ3) is 7.61. The van der Waals surface area contributed by atoms with Crippen LogP contribution in [0.15, 0.2) is 113 Å². The fourth-order valence-corrected chi connectivity index (χ4v) is 5.73. The minimum absolute atomic E-state index is 0.0485. The maximum absolute atomic E-state index is 13.0. The summed E-state index contributed by atoms with van der Waals surface area (Å²) in [6.07, 6.45) is 1.49. The second-order valence-electron chi connectivity index (χ2n) is 9.50. The molecule has 0 atom stereocenters. The van der Waals surface area contributed by atoms with E-state index in [1.165, 1.54) is 34.8 Å². The molecule has 1 aliphatic rings. The van der Waals surface area contributed by atoms with Crippen LogP contribution in [-0.4, -0.2) is 51.1 Å². The van der Waals surface area contributed by atoms with Gasteiger partial charge in [-0.3, -0.25) is 4.79 Å². The number of sulfonamides is 1. The summed E-state index contributed by atoms with van der Waals surface area (Å²) in [4.78, 5) is 12.8. The first-order valence-corrected chi connectivity index (χ1v) is 14.9. The first kappa shape index (κ1) is 29.0. The summed E-state index contributed by atoms with van der Waals surface area (Å²) in [5.74, 6) is 0.578. The Morgan fingerprint density at radius 3 is 2.12 bits per heavy atom. The Morgan fingerprint density at radius 1 is 0.810 bits per heavy atom. The number of carbonyl (C=O) groups is 1. The molecule has 10 heteroatoms. The molecule has 0 radical (unpaired) electrons. The smallest absolute Gasteiger partial charge is 0.271 e. The van der Waals surface area contributed by atoms with E-state index in [0.717, 1.165) is 11.1 Å². The summed E-state index contributed by atoms with van der Waals surface area (Å²) in [5.41, 5.74) is 5.37. The average molecular weight is 586 g/mol. The summed E-state index contributed by atoms with van der Waals surface area (Å²) in [7, 11) is -3.73. The lowest BCUT2D eigenvalue weighted by Gasteiger charge is -2.26. The Labute approximate surface area is 245 Å². The highest BCUT2D eigenvalue weighted by molar-refractivity contribution is 7.89. The number of nitrogens with zero attached hydrogens (tertiary/aromatic N) is 2. The Balaban J connectivity index is 1.27. The molecular weight excluding hydrogens is 554 g/mol. The third-order valence-electron chi connectivity index (χ3n) is 6.53. The minimum atomic E-state index is -3.73. The third-order valence-corrected chi connectivity index (χ3v) is 8.42. The largest absolute Gasteiger partial charge is 0.485 e. The van der Waals surface area contributed by atoms with E-state index >= 15 is 0 Å². The van der Waals surface area contributed by atoms with Crippen LogP contribution in [0.2, 0.25) is 0 Å². The molecule has 9 nitrogen and oxygen atoms in total. The first-order chi connectivity index (χ1) is 20.5. The predicted molar refractivity (Wildman–Crippen MR) is 159 cm³/mol. The van der Waals surface area contributed by atoms with Crippen molar-refractivity contribution in [1.82, 2.24) is 9.73 Å². The molecule has 1 amide bonds. The molecule has 4 aromatic rings. The van der Waals surface area contributed by atoms with Gasteiger partial charge in [0.2, 0.25) is 10.0 Å². The van der Waals surface area contributed by atoms with Gasteiger partial charge in [0, 0.05) is 18.7 Å². The van der Waals surface area contributed by atoms with Crippen LogP contribution in [0.3, 0.4) is 0 Å². The molecule has 0 aliphatic carbocycles. The molecule has 4 aromatic carbocycles. The highest BCUT2D eigenvalue weighted by Crippen LogP contribution is 2.30. The van der Waals surface area contributed by atoms with E-state index in [1.807, 2.05) is 60.7 Å². The van der Waals surface area contributed by atoms with Gasteiger partial charge in [0.1, 0.15) is 13.2 Å². The number of hydrogen-bond acceptors (Lipinski definition) is 7. The van der Waals surface area contributed by atoms with Crippen LogP contribution >= 0.6 is 0 Å². The summed E-state index contributed by atoms with van der Waals surface area (Å²) in [6.45, 7) is 1.96. The van der Waals surface area contributed by atoms with Crippen molar-refractivity contribution in [3.63, 3.8) is 0 Å². The molecule has 216 valence electrons. The average Bonchev–Trinajstić information content (AvgIpc) is 3.04. The zero-order valence-corrected chi connectivity index (χ0v) is 23.7. The lowest BCUT2D eigenvalue weighted by atomic mass is 10.2. The van der Waals surface area contributed by atoms with Crippen molar-refractivity contribution in [2.75, 3.05) is 26.3 Å². The maximum Gasteiger partial charge on any atom is 0.271 e. The lowest BCUT2D eigenvalue weighted by Crippen LogP contribution is -2.40. The topological polar surface area (TPSA) is 107 Å². The number of hydrogen-bond donors (Lipinski definition) is 1. The van der Waals surface area contributed by atoms with E-state index in [1.54, 1.807) is 18.2 Å². The van der Waals surface area contributed by atoms with Crippen molar-refractivity contribution >= 4 is 22.1 Å². The van der Waals surface area contributed by atoms with Gasteiger partial charge in [-0.25, -0.2) is 13.8 Å². The fourth-order valence-electron chi connectivity index (χ4n) is 4.27. The van der Waals surface area contributed by atoms with Gasteiger partial charge >= 0.3 is 0 Å². The summed E-state index contributed by atoms with van der Waals surface area (Å²) < 4.78 is 44.7. The molecule has 0 saturated carbocycles. The molecule has 1 fully saturated rings. The molecule has 0 aromatic heterocycles. The van der Waals surface area contributed by atoms with Crippen LogP contribution in [0.4, 0.5) is 0 Å². The molecule has 1 aliphatic heterocycles. The number of ether oxygens (including phenoxy) is 3. The second-order valence-corrected chi connectivity index (χ2v) is 11.4. The highest BCUT2D eigenvalue weighted by atomic mass is 32.2. The Kier molecular flexibility index (Phi) is 9.60. The number of carbonyl (C=O) groups excluding carboxylic acids is 1. The van der Waals surface area contributed by atoms with Gasteiger partial charge in [-0.2, -0.15) is 9.41 Å². The van der Waals surface area contributed by atoms with Crippen molar-refractivity contribution in [3.05, 3.63) is 125 Å². The number of benzene rings is 4. The lowest BCUT2D eigenvalue weighted by molar-refractivity contribution is 0.0730. The number of rotatable bonds is 11. The molecule has 1 heterocycles. The van der Waals surface area contributed by atoms with E-state index in [4.69, 9.17) is 14.2 Å². The second kappa shape index (κ2) is 13.9. The molecule has 1 N–H and O–H groups in total. The Morgan fingerprint density at radius 2 is 1.45 bits per heavy atom. The van der Waals surface area contributed by atoms with E-state index < -0.39 is 15.9 Å². The SMILES string of the molecule is O=C(N/N=C/c1ccc(OCc2ccccc2)c(OCc2ccccc2)c1)c1cccc(S(=O)(=O)N2CCOCC2)c1. The van der Waals surface area contributed by atoms with Gasteiger partial charge in [-0.15, -0.1) is 0 Å². The minimum Gasteiger partial charge on any atom is -0.485 e. The van der Waals surface area contributed by atoms with Gasteiger partial charge < -0.3 is 14.2 Å². The van der Waals surface area contributed by atoms with Crippen molar-refractivity contribution < 1.29 is 27.4 Å². The van der Waals surface area contributed by atoms with Gasteiger partial charge in [-0.1, -0.05) is 66.7 Å². The van der Waals surface area contributed by atoms with Crippen LogP contribution in [0.25, 0.3) is 0 Å². The molecule has 42 heavy (non-hydrogen) atoms. The van der Waals surface area contributed by atoms with Crippen LogP contribution in [0.1, 0.15) is 27.0 Å². The Bertz CT molecular complexity index is 1620. The van der Waals surface area contributed by atoms with Crippen molar-refractivity contribution in [3.8, 4) is 11.5 Å². The van der Waals surface area contributed by atoms with Crippen molar-refractivity contribution in [2.24, 2.45) is 5.10 Å².